The molecule has 0 saturated carbocycles. The summed E-state index contributed by atoms with van der Waals surface area (Å²) in [5.74, 6) is 1.17. The lowest BCUT2D eigenvalue weighted by Crippen LogP contribution is -2.51. The Balaban J connectivity index is 1.76. The van der Waals surface area contributed by atoms with Crippen LogP contribution in [-0.2, 0) is 0 Å². The van der Waals surface area contributed by atoms with Gasteiger partial charge in [0.05, 0.1) is 0 Å². The summed E-state index contributed by atoms with van der Waals surface area (Å²) in [5.41, 5.74) is 7.19. The summed E-state index contributed by atoms with van der Waals surface area (Å²) in [6, 6.07) is 9.51. The highest BCUT2D eigenvalue weighted by Crippen LogP contribution is 2.25. The number of anilines is 1. The molecule has 0 atom stereocenters. The number of aromatic nitrogens is 1. The lowest BCUT2D eigenvalue weighted by Gasteiger charge is -2.36. The maximum Gasteiger partial charge on any atom is 0.222 e. The van der Waals surface area contributed by atoms with Crippen molar-refractivity contribution in [3.8, 4) is 17.0 Å². The smallest absolute Gasteiger partial charge is 0.222 e. The molecule has 0 spiro atoms. The quantitative estimate of drug-likeness (QED) is 0.890. The number of nitrogens with zero attached hydrogens (tertiary/aromatic N) is 2. The van der Waals surface area contributed by atoms with Crippen LogP contribution in [0.5, 0.6) is 5.75 Å². The molecule has 5 nitrogen and oxygen atoms in total. The first-order valence-corrected chi connectivity index (χ1v) is 5.88. The van der Waals surface area contributed by atoms with Crippen LogP contribution in [0.3, 0.4) is 0 Å². The van der Waals surface area contributed by atoms with Gasteiger partial charge < -0.3 is 15.0 Å². The van der Waals surface area contributed by atoms with E-state index in [4.69, 9.17) is 15.0 Å². The van der Waals surface area contributed by atoms with Crippen LogP contribution in [0, 0.1) is 0 Å². The van der Waals surface area contributed by atoms with Crippen molar-refractivity contribution in [1.82, 2.24) is 10.1 Å². The number of nitrogens with two attached hydrogens (primary N) is 1. The monoisotopic (exact) mass is 245 g/mol. The zero-order valence-corrected chi connectivity index (χ0v) is 10.2. The summed E-state index contributed by atoms with van der Waals surface area (Å²) in [7, 11) is 2.08. The van der Waals surface area contributed by atoms with E-state index in [0.717, 1.165) is 30.1 Å². The van der Waals surface area contributed by atoms with E-state index in [1.165, 1.54) is 0 Å². The van der Waals surface area contributed by atoms with E-state index in [2.05, 4.69) is 17.1 Å². The number of ether oxygens (including phenoxy) is 1. The maximum atomic E-state index is 5.86. The minimum Gasteiger partial charge on any atom is -0.488 e. The minimum absolute atomic E-state index is 0.285. The van der Waals surface area contributed by atoms with Crippen molar-refractivity contribution in [1.29, 1.82) is 0 Å². The van der Waals surface area contributed by atoms with Gasteiger partial charge in [0.25, 0.3) is 0 Å². The minimum atomic E-state index is 0.285. The molecule has 5 heteroatoms. The van der Waals surface area contributed by atoms with E-state index in [1.54, 1.807) is 6.07 Å². The molecule has 2 N–H and O–H groups in total. The van der Waals surface area contributed by atoms with E-state index >= 15 is 0 Å². The third-order valence-electron chi connectivity index (χ3n) is 2.99. The number of hydrogen-bond acceptors (Lipinski definition) is 5. The van der Waals surface area contributed by atoms with Gasteiger partial charge in [0.2, 0.25) is 5.88 Å². The van der Waals surface area contributed by atoms with Crippen LogP contribution in [0.4, 0.5) is 5.88 Å². The fourth-order valence-electron chi connectivity index (χ4n) is 2.06. The fraction of sp³-hybridized carbons (Fsp3) is 0.308. The number of benzene rings is 1. The molecule has 3 rings (SSSR count). The molecule has 0 bridgehead atoms. The predicted octanol–water partition coefficient (Wildman–Crippen LogP) is 1.62. The Morgan fingerprint density at radius 2 is 2.22 bits per heavy atom. The molecule has 1 aromatic carbocycles. The third-order valence-corrected chi connectivity index (χ3v) is 2.99. The maximum absolute atomic E-state index is 5.86. The van der Waals surface area contributed by atoms with Gasteiger partial charge in [0.15, 0.2) is 0 Å². The lowest BCUT2D eigenvalue weighted by molar-refractivity contribution is 0.0389. The molecule has 2 aromatic rings. The third kappa shape index (κ3) is 2.17. The Kier molecular flexibility index (Phi) is 2.68. The average Bonchev–Trinajstić information content (AvgIpc) is 2.74. The first kappa shape index (κ1) is 11.1. The molecular weight excluding hydrogens is 230 g/mol. The Morgan fingerprint density at radius 3 is 2.89 bits per heavy atom. The summed E-state index contributed by atoms with van der Waals surface area (Å²) >= 11 is 0. The Hall–Kier alpha value is -2.01. The van der Waals surface area contributed by atoms with Gasteiger partial charge in [-0.15, -0.1) is 0 Å². The number of rotatable bonds is 3. The molecule has 94 valence electrons. The molecular formula is C13H15N3O2. The second-order valence-electron chi connectivity index (χ2n) is 4.60. The van der Waals surface area contributed by atoms with Crippen molar-refractivity contribution >= 4 is 5.88 Å². The van der Waals surface area contributed by atoms with Crippen LogP contribution < -0.4 is 10.5 Å². The topological polar surface area (TPSA) is 64.5 Å². The standard InChI is InChI=1S/C13H15N3O2/c1-16-7-11(8-16)17-10-4-2-3-9(5-10)12-6-13(14)18-15-12/h2-6,11H,7-8,14H2,1H3. The number of hydrogen-bond donors (Lipinski definition) is 1. The molecule has 1 fully saturated rings. The SMILES string of the molecule is CN1CC(Oc2cccc(-c3cc(N)on3)c2)C1. The fourth-order valence-corrected chi connectivity index (χ4v) is 2.06. The van der Waals surface area contributed by atoms with E-state index in [9.17, 15) is 0 Å². The van der Waals surface area contributed by atoms with Crippen LogP contribution in [0.15, 0.2) is 34.9 Å². The van der Waals surface area contributed by atoms with E-state index in [-0.39, 0.29) is 6.10 Å². The molecule has 1 aromatic heterocycles. The van der Waals surface area contributed by atoms with E-state index in [0.29, 0.717) is 5.88 Å². The second kappa shape index (κ2) is 4.34. The summed E-state index contributed by atoms with van der Waals surface area (Å²) in [5, 5.41) is 3.89. The Labute approximate surface area is 105 Å². The molecule has 0 radical (unpaired) electrons. The van der Waals surface area contributed by atoms with Crippen molar-refractivity contribution in [3.63, 3.8) is 0 Å². The largest absolute Gasteiger partial charge is 0.488 e. The zero-order valence-electron chi connectivity index (χ0n) is 10.2. The molecule has 0 unspecified atom stereocenters. The predicted molar refractivity (Wildman–Crippen MR) is 68.3 cm³/mol. The second-order valence-corrected chi connectivity index (χ2v) is 4.60. The van der Waals surface area contributed by atoms with Gasteiger partial charge in [0.1, 0.15) is 17.5 Å². The van der Waals surface area contributed by atoms with Crippen LogP contribution in [0.1, 0.15) is 0 Å². The molecule has 1 aliphatic rings. The van der Waals surface area contributed by atoms with Crippen LogP contribution >= 0.6 is 0 Å². The van der Waals surface area contributed by atoms with Gasteiger partial charge in [0, 0.05) is 24.7 Å². The van der Waals surface area contributed by atoms with Crippen molar-refractivity contribution in [2.24, 2.45) is 0 Å². The van der Waals surface area contributed by atoms with E-state index < -0.39 is 0 Å². The summed E-state index contributed by atoms with van der Waals surface area (Å²) in [6.07, 6.45) is 0.285. The van der Waals surface area contributed by atoms with Crippen molar-refractivity contribution in [2.75, 3.05) is 25.9 Å². The van der Waals surface area contributed by atoms with Gasteiger partial charge in [-0.1, -0.05) is 17.3 Å². The van der Waals surface area contributed by atoms with Crippen molar-refractivity contribution in [3.05, 3.63) is 30.3 Å². The Morgan fingerprint density at radius 1 is 1.39 bits per heavy atom. The van der Waals surface area contributed by atoms with Gasteiger partial charge in [-0.05, 0) is 19.2 Å². The first-order valence-electron chi connectivity index (χ1n) is 5.88. The van der Waals surface area contributed by atoms with Gasteiger partial charge in [-0.25, -0.2) is 0 Å². The first-order chi connectivity index (χ1) is 8.70. The number of likely N-dealkylation sites (N-methyl/N-ethyl adjacent to an activating group) is 1. The van der Waals surface area contributed by atoms with Gasteiger partial charge in [-0.2, -0.15) is 0 Å². The summed E-state index contributed by atoms with van der Waals surface area (Å²) in [6.45, 7) is 1.95. The molecule has 0 aliphatic carbocycles. The van der Waals surface area contributed by atoms with Crippen molar-refractivity contribution < 1.29 is 9.26 Å². The van der Waals surface area contributed by atoms with Gasteiger partial charge >= 0.3 is 0 Å². The lowest BCUT2D eigenvalue weighted by atomic mass is 10.1. The molecule has 0 amide bonds. The zero-order chi connectivity index (χ0) is 12.5. The van der Waals surface area contributed by atoms with Crippen molar-refractivity contribution in [2.45, 2.75) is 6.10 Å². The number of nitrogen functional groups attached to an aromatic ring is 1. The van der Waals surface area contributed by atoms with Crippen LogP contribution in [0.25, 0.3) is 11.3 Å². The van der Waals surface area contributed by atoms with Gasteiger partial charge in [-0.3, -0.25) is 4.90 Å². The molecule has 18 heavy (non-hydrogen) atoms. The van der Waals surface area contributed by atoms with Crippen LogP contribution in [-0.4, -0.2) is 36.3 Å². The highest BCUT2D eigenvalue weighted by atomic mass is 16.5. The van der Waals surface area contributed by atoms with E-state index in [1.807, 2.05) is 24.3 Å². The molecule has 2 heterocycles. The average molecular weight is 245 g/mol. The highest BCUT2D eigenvalue weighted by molar-refractivity contribution is 5.62. The normalized spacial score (nSPS) is 16.5. The molecule has 1 aliphatic heterocycles. The highest BCUT2D eigenvalue weighted by Gasteiger charge is 2.24. The summed E-state index contributed by atoms with van der Waals surface area (Å²) < 4.78 is 10.7. The summed E-state index contributed by atoms with van der Waals surface area (Å²) in [4.78, 5) is 2.22. The molecule has 1 saturated heterocycles. The van der Waals surface area contributed by atoms with Crippen LogP contribution in [0.2, 0.25) is 0 Å². The number of likely N-dealkylation sites (tertiary alicyclic amines) is 1. The Bertz CT molecular complexity index is 547.